The smallest absolute Gasteiger partial charge is 0.0926 e. The molecule has 0 unspecified atom stereocenters. The van der Waals surface area contributed by atoms with Crippen LogP contribution in [0.4, 0.5) is 0 Å². The third-order valence-corrected chi connectivity index (χ3v) is 3.75. The van der Waals surface area contributed by atoms with Crippen LogP contribution in [0.15, 0.2) is 62.3 Å². The molecule has 2 N–H and O–H groups in total. The molecule has 2 heteroatoms. The van der Waals surface area contributed by atoms with Crippen molar-refractivity contribution in [3.05, 3.63) is 62.3 Å². The van der Waals surface area contributed by atoms with Gasteiger partial charge in [0.1, 0.15) is 0 Å². The Balaban J connectivity index is 3.01. The normalized spacial score (nSPS) is 22.8. The summed E-state index contributed by atoms with van der Waals surface area (Å²) < 4.78 is 0. The highest BCUT2D eigenvalue weighted by atomic mass is 16.3. The second kappa shape index (κ2) is 8.03. The largest absolute Gasteiger partial charge is 0.385 e. The van der Waals surface area contributed by atoms with Crippen LogP contribution in [0, 0.1) is 0 Å². The number of hydrogen-bond donors (Lipinski definition) is 2. The first-order chi connectivity index (χ1) is 9.59. The quantitative estimate of drug-likeness (QED) is 0.628. The van der Waals surface area contributed by atoms with Crippen molar-refractivity contribution in [3.63, 3.8) is 0 Å². The highest BCUT2D eigenvalue weighted by Gasteiger charge is 2.33. The summed E-state index contributed by atoms with van der Waals surface area (Å²) in [5.41, 5.74) is 0.222. The van der Waals surface area contributed by atoms with Crippen LogP contribution in [-0.2, 0) is 0 Å². The Morgan fingerprint density at radius 2 is 1.70 bits per heavy atom. The summed E-state index contributed by atoms with van der Waals surface area (Å²) >= 11 is 0. The summed E-state index contributed by atoms with van der Waals surface area (Å²) in [6.07, 6.45) is 13.2. The molecule has 2 nitrogen and oxygen atoms in total. The monoisotopic (exact) mass is 273 g/mol. The minimum absolute atomic E-state index is 0.224. The SMILES string of the molecule is C=CC[C@@H]1CC(C(O)(CC=C)CC=C)=C[C@H](CC=C)N1. The lowest BCUT2D eigenvalue weighted by atomic mass is 9.79. The third kappa shape index (κ3) is 4.32. The summed E-state index contributed by atoms with van der Waals surface area (Å²) in [6, 6.07) is 0.543. The van der Waals surface area contributed by atoms with Crippen molar-refractivity contribution in [2.45, 2.75) is 49.8 Å². The molecule has 1 aliphatic heterocycles. The highest BCUT2D eigenvalue weighted by molar-refractivity contribution is 5.26. The van der Waals surface area contributed by atoms with Gasteiger partial charge in [-0.3, -0.25) is 0 Å². The summed E-state index contributed by atoms with van der Waals surface area (Å²) in [7, 11) is 0. The van der Waals surface area contributed by atoms with Gasteiger partial charge in [-0.1, -0.05) is 30.4 Å². The maximum Gasteiger partial charge on any atom is 0.0926 e. The summed E-state index contributed by atoms with van der Waals surface area (Å²) in [5.74, 6) is 0. The van der Waals surface area contributed by atoms with E-state index in [0.29, 0.717) is 18.9 Å². The topological polar surface area (TPSA) is 32.3 Å². The molecule has 0 aromatic rings. The predicted octanol–water partition coefficient (Wildman–Crippen LogP) is 3.68. The van der Waals surface area contributed by atoms with E-state index in [-0.39, 0.29) is 6.04 Å². The number of nitrogens with one attached hydrogen (secondary N) is 1. The third-order valence-electron chi connectivity index (χ3n) is 3.75. The Kier molecular flexibility index (Phi) is 6.69. The molecule has 0 bridgehead atoms. The second-order valence-corrected chi connectivity index (χ2v) is 5.43. The van der Waals surface area contributed by atoms with Gasteiger partial charge in [-0.15, -0.1) is 26.3 Å². The van der Waals surface area contributed by atoms with Gasteiger partial charge in [0.2, 0.25) is 0 Å². The molecule has 1 aliphatic rings. The molecule has 0 aromatic heterocycles. The van der Waals surface area contributed by atoms with E-state index in [9.17, 15) is 5.11 Å². The molecule has 0 spiro atoms. The van der Waals surface area contributed by atoms with Crippen molar-refractivity contribution in [1.29, 1.82) is 0 Å². The van der Waals surface area contributed by atoms with E-state index >= 15 is 0 Å². The first-order valence-electron chi connectivity index (χ1n) is 7.22. The molecule has 1 heterocycles. The Hall–Kier alpha value is -1.38. The average Bonchev–Trinajstić information content (AvgIpc) is 2.40. The molecule has 1 rings (SSSR count). The fourth-order valence-electron chi connectivity index (χ4n) is 2.82. The van der Waals surface area contributed by atoms with Crippen molar-refractivity contribution >= 4 is 0 Å². The first-order valence-corrected chi connectivity index (χ1v) is 7.22. The zero-order valence-electron chi connectivity index (χ0n) is 12.4. The van der Waals surface area contributed by atoms with Crippen molar-refractivity contribution in [2.24, 2.45) is 0 Å². The minimum atomic E-state index is -0.857. The molecule has 0 saturated carbocycles. The molecule has 110 valence electrons. The van der Waals surface area contributed by atoms with Gasteiger partial charge in [0.25, 0.3) is 0 Å². The molecule has 0 radical (unpaired) electrons. The van der Waals surface area contributed by atoms with Crippen molar-refractivity contribution in [3.8, 4) is 0 Å². The summed E-state index contributed by atoms with van der Waals surface area (Å²) in [5, 5.41) is 14.5. The molecule has 0 aromatic carbocycles. The summed E-state index contributed by atoms with van der Waals surface area (Å²) in [6.45, 7) is 15.1. The summed E-state index contributed by atoms with van der Waals surface area (Å²) in [4.78, 5) is 0. The molecule has 0 amide bonds. The van der Waals surface area contributed by atoms with Crippen molar-refractivity contribution in [2.75, 3.05) is 0 Å². The molecule has 0 saturated heterocycles. The molecule has 0 aliphatic carbocycles. The Morgan fingerprint density at radius 3 is 2.20 bits per heavy atom. The van der Waals surface area contributed by atoms with Crippen LogP contribution in [0.3, 0.4) is 0 Å². The van der Waals surface area contributed by atoms with E-state index < -0.39 is 5.60 Å². The predicted molar refractivity (Wildman–Crippen MR) is 87.6 cm³/mol. The van der Waals surface area contributed by atoms with E-state index in [1.54, 1.807) is 12.2 Å². The zero-order chi connectivity index (χ0) is 15.0. The molecule has 2 atom stereocenters. The van der Waals surface area contributed by atoms with E-state index in [1.807, 2.05) is 12.2 Å². The average molecular weight is 273 g/mol. The molecule has 20 heavy (non-hydrogen) atoms. The highest BCUT2D eigenvalue weighted by Crippen LogP contribution is 2.33. The van der Waals surface area contributed by atoms with Crippen LogP contribution in [0.1, 0.15) is 32.1 Å². The second-order valence-electron chi connectivity index (χ2n) is 5.43. The van der Waals surface area contributed by atoms with Crippen LogP contribution in [0.25, 0.3) is 0 Å². The number of hydrogen-bond acceptors (Lipinski definition) is 2. The van der Waals surface area contributed by atoms with Crippen LogP contribution >= 0.6 is 0 Å². The minimum Gasteiger partial charge on any atom is -0.385 e. The standard InChI is InChI=1S/C18H27NO/c1-5-9-16-13-15(14-17(19-16)10-6-2)18(20,11-7-3)12-8-4/h5-8,13,16-17,19-20H,1-4,9-12,14H2/t16-,17+/m0/s1. The van der Waals surface area contributed by atoms with E-state index in [2.05, 4.69) is 37.7 Å². The van der Waals surface area contributed by atoms with Gasteiger partial charge in [0.05, 0.1) is 5.60 Å². The fraction of sp³-hybridized carbons (Fsp3) is 0.444. The van der Waals surface area contributed by atoms with Crippen LogP contribution in [0.5, 0.6) is 0 Å². The zero-order valence-corrected chi connectivity index (χ0v) is 12.4. The molecule has 0 fully saturated rings. The van der Waals surface area contributed by atoms with Crippen LogP contribution in [0.2, 0.25) is 0 Å². The molecular formula is C18H27NO. The Bertz CT molecular complexity index is 384. The van der Waals surface area contributed by atoms with Gasteiger partial charge in [-0.25, -0.2) is 0 Å². The Morgan fingerprint density at radius 1 is 1.10 bits per heavy atom. The van der Waals surface area contributed by atoms with Gasteiger partial charge in [-0.05, 0) is 37.7 Å². The van der Waals surface area contributed by atoms with Crippen LogP contribution < -0.4 is 5.32 Å². The van der Waals surface area contributed by atoms with Gasteiger partial charge in [0, 0.05) is 12.1 Å². The molecular weight excluding hydrogens is 246 g/mol. The number of aliphatic hydroxyl groups is 1. The first kappa shape index (κ1) is 16.7. The van der Waals surface area contributed by atoms with Gasteiger partial charge < -0.3 is 10.4 Å². The lowest BCUT2D eigenvalue weighted by molar-refractivity contribution is 0.0764. The van der Waals surface area contributed by atoms with Gasteiger partial charge in [0.15, 0.2) is 0 Å². The van der Waals surface area contributed by atoms with E-state index in [0.717, 1.165) is 24.8 Å². The van der Waals surface area contributed by atoms with Gasteiger partial charge in [-0.2, -0.15) is 0 Å². The van der Waals surface area contributed by atoms with Crippen LogP contribution in [-0.4, -0.2) is 22.8 Å². The van der Waals surface area contributed by atoms with Crippen molar-refractivity contribution < 1.29 is 5.11 Å². The maximum absolute atomic E-state index is 10.9. The Labute approximate surface area is 123 Å². The lowest BCUT2D eigenvalue weighted by Gasteiger charge is -2.37. The lowest BCUT2D eigenvalue weighted by Crippen LogP contribution is -2.45. The number of rotatable bonds is 9. The van der Waals surface area contributed by atoms with Gasteiger partial charge >= 0.3 is 0 Å². The van der Waals surface area contributed by atoms with E-state index in [4.69, 9.17) is 0 Å². The van der Waals surface area contributed by atoms with Crippen molar-refractivity contribution in [1.82, 2.24) is 5.32 Å². The maximum atomic E-state index is 10.9. The fourth-order valence-corrected chi connectivity index (χ4v) is 2.82. The van der Waals surface area contributed by atoms with E-state index in [1.165, 1.54) is 0 Å².